The third-order valence-corrected chi connectivity index (χ3v) is 3.51. The lowest BCUT2D eigenvalue weighted by molar-refractivity contribution is 0.282. The first-order valence-electron chi connectivity index (χ1n) is 6.43. The third-order valence-electron chi connectivity index (χ3n) is 3.51. The van der Waals surface area contributed by atoms with E-state index < -0.39 is 0 Å². The van der Waals surface area contributed by atoms with Crippen LogP contribution in [0.1, 0.15) is 18.4 Å². The summed E-state index contributed by atoms with van der Waals surface area (Å²) in [5, 5.41) is 8.99. The summed E-state index contributed by atoms with van der Waals surface area (Å²) in [5.74, 6) is 0. The molecule has 1 fully saturated rings. The van der Waals surface area contributed by atoms with Gasteiger partial charge in [-0.15, -0.1) is 0 Å². The van der Waals surface area contributed by atoms with Gasteiger partial charge in [-0.3, -0.25) is 0 Å². The Morgan fingerprint density at radius 2 is 1.82 bits per heavy atom. The predicted octanol–water partition coefficient (Wildman–Crippen LogP) is 1.71. The second-order valence-corrected chi connectivity index (χ2v) is 4.79. The molecule has 0 aliphatic carbocycles. The molecule has 1 saturated heterocycles. The summed E-state index contributed by atoms with van der Waals surface area (Å²) in [4.78, 5) is 4.80. The van der Waals surface area contributed by atoms with Gasteiger partial charge >= 0.3 is 0 Å². The van der Waals surface area contributed by atoms with Crippen LogP contribution in [0.25, 0.3) is 0 Å². The minimum atomic E-state index is 0.123. The van der Waals surface area contributed by atoms with Gasteiger partial charge < -0.3 is 14.9 Å². The first-order chi connectivity index (χ1) is 8.29. The molecule has 0 radical (unpaired) electrons. The molecule has 1 heterocycles. The molecule has 94 valence electrons. The molecule has 1 aliphatic rings. The van der Waals surface area contributed by atoms with Crippen LogP contribution in [0.3, 0.4) is 0 Å². The van der Waals surface area contributed by atoms with Crippen LogP contribution in [0.4, 0.5) is 5.69 Å². The highest BCUT2D eigenvalue weighted by atomic mass is 16.3. The smallest absolute Gasteiger partial charge is 0.0681 e. The maximum atomic E-state index is 8.99. The molecular formula is C14H22N2O. The Kier molecular flexibility index (Phi) is 4.40. The number of likely N-dealkylation sites (N-methyl/N-ethyl adjacent to an activating group) is 1. The van der Waals surface area contributed by atoms with Crippen molar-refractivity contribution in [1.29, 1.82) is 0 Å². The quantitative estimate of drug-likeness (QED) is 0.840. The number of likely N-dealkylation sites (tertiary alicyclic amines) is 1. The van der Waals surface area contributed by atoms with Crippen LogP contribution in [-0.2, 0) is 6.61 Å². The summed E-state index contributed by atoms with van der Waals surface area (Å²) in [6.07, 6.45) is 2.71. The maximum Gasteiger partial charge on any atom is 0.0681 e. The lowest BCUT2D eigenvalue weighted by Crippen LogP contribution is -2.31. The Bertz CT molecular complexity index is 331. The molecule has 17 heavy (non-hydrogen) atoms. The van der Waals surface area contributed by atoms with Crippen molar-refractivity contribution >= 4 is 5.69 Å². The van der Waals surface area contributed by atoms with E-state index in [1.807, 2.05) is 12.1 Å². The van der Waals surface area contributed by atoms with Gasteiger partial charge in [-0.2, -0.15) is 0 Å². The fraction of sp³-hybridized carbons (Fsp3) is 0.571. The van der Waals surface area contributed by atoms with Crippen molar-refractivity contribution < 1.29 is 5.11 Å². The van der Waals surface area contributed by atoms with Crippen LogP contribution >= 0.6 is 0 Å². The van der Waals surface area contributed by atoms with E-state index >= 15 is 0 Å². The Morgan fingerprint density at radius 3 is 2.41 bits per heavy atom. The van der Waals surface area contributed by atoms with E-state index in [9.17, 15) is 0 Å². The average molecular weight is 234 g/mol. The molecule has 0 amide bonds. The summed E-state index contributed by atoms with van der Waals surface area (Å²) in [7, 11) is 2.13. The van der Waals surface area contributed by atoms with Crippen molar-refractivity contribution in [3.63, 3.8) is 0 Å². The summed E-state index contributed by atoms with van der Waals surface area (Å²) in [6, 6.07) is 8.13. The van der Waals surface area contributed by atoms with Crippen LogP contribution in [-0.4, -0.2) is 43.2 Å². The van der Waals surface area contributed by atoms with Gasteiger partial charge in [0.2, 0.25) is 0 Å². The first kappa shape index (κ1) is 12.4. The molecule has 0 aromatic heterocycles. The van der Waals surface area contributed by atoms with Gasteiger partial charge in [-0.05, 0) is 43.6 Å². The molecule has 0 bridgehead atoms. The number of nitrogens with zero attached hydrogens (tertiary/aromatic N) is 2. The van der Waals surface area contributed by atoms with Crippen LogP contribution in [0.2, 0.25) is 0 Å². The van der Waals surface area contributed by atoms with Crippen molar-refractivity contribution in [2.24, 2.45) is 0 Å². The van der Waals surface area contributed by atoms with E-state index in [1.54, 1.807) is 0 Å². The molecule has 0 saturated carbocycles. The van der Waals surface area contributed by atoms with Crippen molar-refractivity contribution in [2.75, 3.05) is 38.1 Å². The highest BCUT2D eigenvalue weighted by Gasteiger charge is 2.11. The van der Waals surface area contributed by atoms with Crippen LogP contribution in [0.15, 0.2) is 24.3 Å². The van der Waals surface area contributed by atoms with Crippen LogP contribution < -0.4 is 4.90 Å². The van der Waals surface area contributed by atoms with Gasteiger partial charge in [0.05, 0.1) is 6.61 Å². The Hall–Kier alpha value is -1.06. The van der Waals surface area contributed by atoms with Gasteiger partial charge in [-0.25, -0.2) is 0 Å². The average Bonchev–Trinajstić information content (AvgIpc) is 2.89. The first-order valence-corrected chi connectivity index (χ1v) is 6.43. The predicted molar refractivity (Wildman–Crippen MR) is 71.3 cm³/mol. The fourth-order valence-corrected chi connectivity index (χ4v) is 2.28. The Morgan fingerprint density at radius 1 is 1.18 bits per heavy atom. The number of rotatable bonds is 5. The molecule has 1 aliphatic heterocycles. The molecule has 1 N–H and O–H groups in total. The number of aliphatic hydroxyl groups is 1. The molecule has 2 rings (SSSR count). The number of hydrogen-bond acceptors (Lipinski definition) is 3. The molecular weight excluding hydrogens is 212 g/mol. The standard InChI is InChI=1S/C14H22N2O/c1-15(10-11-16-8-2-3-9-16)14-6-4-13(12-17)5-7-14/h4-7,17H,2-3,8-12H2,1H3. The normalized spacial score (nSPS) is 16.4. The zero-order valence-corrected chi connectivity index (χ0v) is 10.6. The summed E-state index contributed by atoms with van der Waals surface area (Å²) in [6.45, 7) is 4.86. The minimum absolute atomic E-state index is 0.123. The second kappa shape index (κ2) is 6.03. The lowest BCUT2D eigenvalue weighted by atomic mass is 10.2. The van der Waals surface area contributed by atoms with E-state index in [2.05, 4.69) is 29.0 Å². The van der Waals surface area contributed by atoms with E-state index in [0.717, 1.165) is 18.7 Å². The number of aliphatic hydroxyl groups excluding tert-OH is 1. The van der Waals surface area contributed by atoms with Gasteiger partial charge in [-0.1, -0.05) is 12.1 Å². The molecule has 3 heteroatoms. The van der Waals surface area contributed by atoms with Crippen molar-refractivity contribution in [1.82, 2.24) is 4.90 Å². The largest absolute Gasteiger partial charge is 0.392 e. The van der Waals surface area contributed by atoms with E-state index in [-0.39, 0.29) is 6.61 Å². The third kappa shape index (κ3) is 3.45. The second-order valence-electron chi connectivity index (χ2n) is 4.79. The zero-order valence-electron chi connectivity index (χ0n) is 10.6. The highest BCUT2D eigenvalue weighted by Crippen LogP contribution is 2.14. The highest BCUT2D eigenvalue weighted by molar-refractivity contribution is 5.46. The molecule has 0 atom stereocenters. The van der Waals surface area contributed by atoms with Gasteiger partial charge in [0.1, 0.15) is 0 Å². The monoisotopic (exact) mass is 234 g/mol. The summed E-state index contributed by atoms with van der Waals surface area (Å²) < 4.78 is 0. The minimum Gasteiger partial charge on any atom is -0.392 e. The van der Waals surface area contributed by atoms with E-state index in [0.29, 0.717) is 0 Å². The van der Waals surface area contributed by atoms with E-state index in [4.69, 9.17) is 5.11 Å². The molecule has 1 aromatic carbocycles. The van der Waals surface area contributed by atoms with E-state index in [1.165, 1.54) is 31.6 Å². The topological polar surface area (TPSA) is 26.7 Å². The fourth-order valence-electron chi connectivity index (χ4n) is 2.28. The maximum absolute atomic E-state index is 8.99. The number of benzene rings is 1. The van der Waals surface area contributed by atoms with Gasteiger partial charge in [0.25, 0.3) is 0 Å². The number of hydrogen-bond donors (Lipinski definition) is 1. The molecule has 0 unspecified atom stereocenters. The SMILES string of the molecule is CN(CCN1CCCC1)c1ccc(CO)cc1. The molecule has 1 aromatic rings. The van der Waals surface area contributed by atoms with Crippen molar-refractivity contribution in [3.8, 4) is 0 Å². The van der Waals surface area contributed by atoms with Crippen molar-refractivity contribution in [3.05, 3.63) is 29.8 Å². The number of anilines is 1. The summed E-state index contributed by atoms with van der Waals surface area (Å²) >= 11 is 0. The molecule has 3 nitrogen and oxygen atoms in total. The Balaban J connectivity index is 1.83. The van der Waals surface area contributed by atoms with Gasteiger partial charge in [0, 0.05) is 25.8 Å². The lowest BCUT2D eigenvalue weighted by Gasteiger charge is -2.23. The zero-order chi connectivity index (χ0) is 12.1. The summed E-state index contributed by atoms with van der Waals surface area (Å²) in [5.41, 5.74) is 2.20. The van der Waals surface area contributed by atoms with Gasteiger partial charge in [0.15, 0.2) is 0 Å². The van der Waals surface area contributed by atoms with Crippen LogP contribution in [0, 0.1) is 0 Å². The van der Waals surface area contributed by atoms with Crippen LogP contribution in [0.5, 0.6) is 0 Å². The van der Waals surface area contributed by atoms with Crippen molar-refractivity contribution in [2.45, 2.75) is 19.4 Å². The molecule has 0 spiro atoms. The Labute approximate surface area is 104 Å².